The molecule has 0 saturated carbocycles. The molecule has 6 heteroatoms. The lowest BCUT2D eigenvalue weighted by Gasteiger charge is -2.10. The van der Waals surface area contributed by atoms with Crippen LogP contribution in [-0.4, -0.2) is 26.1 Å². The van der Waals surface area contributed by atoms with Crippen LogP contribution < -0.4 is 11.1 Å². The summed E-state index contributed by atoms with van der Waals surface area (Å²) in [6.07, 6.45) is 9.44. The average Bonchev–Trinajstić information content (AvgIpc) is 2.92. The molecule has 0 aliphatic rings. The van der Waals surface area contributed by atoms with Crippen molar-refractivity contribution < 1.29 is 0 Å². The minimum atomic E-state index is 0.321. The van der Waals surface area contributed by atoms with E-state index < -0.39 is 0 Å². The number of hydrogen-bond acceptors (Lipinski definition) is 4. The van der Waals surface area contributed by atoms with Gasteiger partial charge in [0, 0.05) is 31.7 Å². The van der Waals surface area contributed by atoms with Gasteiger partial charge in [-0.25, -0.2) is 4.98 Å². The molecule has 19 heavy (non-hydrogen) atoms. The first-order valence-corrected chi connectivity index (χ1v) is 6.62. The molecule has 2 aromatic heterocycles. The van der Waals surface area contributed by atoms with Crippen molar-refractivity contribution in [2.75, 3.05) is 11.9 Å². The van der Waals surface area contributed by atoms with Gasteiger partial charge in [0.1, 0.15) is 10.7 Å². The quantitative estimate of drug-likeness (QED) is 0.596. The van der Waals surface area contributed by atoms with Crippen molar-refractivity contribution in [1.82, 2.24) is 14.5 Å². The van der Waals surface area contributed by atoms with E-state index >= 15 is 0 Å². The number of hydrogen-bond donors (Lipinski definition) is 2. The number of pyridine rings is 1. The number of anilines is 1. The van der Waals surface area contributed by atoms with Crippen LogP contribution in [0, 0.1) is 0 Å². The molecule has 0 atom stereocenters. The molecule has 0 saturated heterocycles. The summed E-state index contributed by atoms with van der Waals surface area (Å²) in [5, 5.41) is 3.32. The van der Waals surface area contributed by atoms with Crippen LogP contribution in [0.3, 0.4) is 0 Å². The first-order valence-electron chi connectivity index (χ1n) is 6.22. The molecule has 0 spiro atoms. The van der Waals surface area contributed by atoms with Gasteiger partial charge >= 0.3 is 0 Å². The Labute approximate surface area is 117 Å². The molecule has 2 aromatic rings. The van der Waals surface area contributed by atoms with Crippen LogP contribution in [-0.2, 0) is 6.54 Å². The van der Waals surface area contributed by atoms with E-state index in [2.05, 4.69) is 19.9 Å². The highest BCUT2D eigenvalue weighted by Gasteiger charge is 2.04. The summed E-state index contributed by atoms with van der Waals surface area (Å²) in [6, 6.07) is 3.81. The Morgan fingerprint density at radius 2 is 2.26 bits per heavy atom. The molecule has 2 rings (SSSR count). The smallest absolute Gasteiger partial charge is 0.124 e. The zero-order valence-electron chi connectivity index (χ0n) is 10.6. The lowest BCUT2D eigenvalue weighted by Crippen LogP contribution is -2.15. The Morgan fingerprint density at radius 1 is 1.37 bits per heavy atom. The van der Waals surface area contributed by atoms with E-state index in [4.69, 9.17) is 18.0 Å². The molecule has 0 aromatic carbocycles. The van der Waals surface area contributed by atoms with Crippen molar-refractivity contribution in [2.24, 2.45) is 5.73 Å². The Kier molecular flexibility index (Phi) is 4.85. The fourth-order valence-corrected chi connectivity index (χ4v) is 1.97. The van der Waals surface area contributed by atoms with Gasteiger partial charge in [-0.2, -0.15) is 0 Å². The third kappa shape index (κ3) is 4.03. The molecular formula is C13H17N5S. The minimum Gasteiger partial charge on any atom is -0.388 e. The van der Waals surface area contributed by atoms with Gasteiger partial charge in [0.25, 0.3) is 0 Å². The van der Waals surface area contributed by atoms with Gasteiger partial charge in [0.2, 0.25) is 0 Å². The van der Waals surface area contributed by atoms with Crippen LogP contribution >= 0.6 is 12.2 Å². The van der Waals surface area contributed by atoms with Crippen molar-refractivity contribution >= 4 is 22.9 Å². The van der Waals surface area contributed by atoms with Crippen LogP contribution in [0.5, 0.6) is 0 Å². The van der Waals surface area contributed by atoms with E-state index in [1.165, 1.54) is 0 Å². The Bertz CT molecular complexity index is 524. The molecule has 0 unspecified atom stereocenters. The van der Waals surface area contributed by atoms with Gasteiger partial charge < -0.3 is 15.6 Å². The SMILES string of the molecule is NC(=S)c1ncccc1NCCCCn1ccnc1. The van der Waals surface area contributed by atoms with Crippen LogP contribution in [0.15, 0.2) is 37.1 Å². The lowest BCUT2D eigenvalue weighted by molar-refractivity contribution is 0.621. The number of thiocarbonyl (C=S) groups is 1. The van der Waals surface area contributed by atoms with E-state index in [0.717, 1.165) is 31.6 Å². The minimum absolute atomic E-state index is 0.321. The summed E-state index contributed by atoms with van der Waals surface area (Å²) in [7, 11) is 0. The zero-order chi connectivity index (χ0) is 13.5. The molecule has 0 aliphatic carbocycles. The van der Waals surface area contributed by atoms with Gasteiger partial charge in [0.15, 0.2) is 0 Å². The average molecular weight is 275 g/mol. The molecule has 0 radical (unpaired) electrons. The monoisotopic (exact) mass is 275 g/mol. The summed E-state index contributed by atoms with van der Waals surface area (Å²) in [4.78, 5) is 8.51. The number of aryl methyl sites for hydroxylation is 1. The number of nitrogens with zero attached hydrogens (tertiary/aromatic N) is 3. The Balaban J connectivity index is 1.75. The normalized spacial score (nSPS) is 10.3. The van der Waals surface area contributed by atoms with Crippen LogP contribution in [0.1, 0.15) is 18.5 Å². The number of aromatic nitrogens is 3. The largest absolute Gasteiger partial charge is 0.388 e. The molecule has 100 valence electrons. The second-order valence-electron chi connectivity index (χ2n) is 4.20. The summed E-state index contributed by atoms with van der Waals surface area (Å²) in [5.74, 6) is 0. The molecule has 0 bridgehead atoms. The molecule has 0 amide bonds. The first-order chi connectivity index (χ1) is 9.27. The van der Waals surface area contributed by atoms with Gasteiger partial charge in [0.05, 0.1) is 12.0 Å². The molecular weight excluding hydrogens is 258 g/mol. The number of imidazole rings is 1. The standard InChI is InChI=1S/C13H17N5S/c14-13(19)12-11(4-3-6-17-12)16-5-1-2-8-18-9-7-15-10-18/h3-4,6-7,9-10,16H,1-2,5,8H2,(H2,14,19). The number of rotatable bonds is 7. The maximum absolute atomic E-state index is 5.63. The van der Waals surface area contributed by atoms with Crippen molar-refractivity contribution in [3.05, 3.63) is 42.7 Å². The summed E-state index contributed by atoms with van der Waals surface area (Å²) >= 11 is 4.97. The fraction of sp³-hybridized carbons (Fsp3) is 0.308. The third-order valence-electron chi connectivity index (χ3n) is 2.76. The van der Waals surface area contributed by atoms with E-state index in [9.17, 15) is 0 Å². The number of nitrogens with one attached hydrogen (secondary N) is 1. The predicted octanol–water partition coefficient (Wildman–Crippen LogP) is 1.80. The highest BCUT2D eigenvalue weighted by Crippen LogP contribution is 2.12. The van der Waals surface area contributed by atoms with Crippen LogP contribution in [0.25, 0.3) is 0 Å². The molecule has 2 heterocycles. The second-order valence-corrected chi connectivity index (χ2v) is 4.64. The van der Waals surface area contributed by atoms with Gasteiger partial charge in [-0.1, -0.05) is 12.2 Å². The summed E-state index contributed by atoms with van der Waals surface area (Å²) in [5.41, 5.74) is 7.19. The van der Waals surface area contributed by atoms with Gasteiger partial charge in [-0.3, -0.25) is 4.98 Å². The highest BCUT2D eigenvalue weighted by molar-refractivity contribution is 7.80. The highest BCUT2D eigenvalue weighted by atomic mass is 32.1. The Hall–Kier alpha value is -1.95. The lowest BCUT2D eigenvalue weighted by atomic mass is 10.2. The third-order valence-corrected chi connectivity index (χ3v) is 2.95. The van der Waals surface area contributed by atoms with E-state index in [0.29, 0.717) is 10.7 Å². The molecule has 5 nitrogen and oxygen atoms in total. The number of nitrogens with two attached hydrogens (primary N) is 1. The van der Waals surface area contributed by atoms with Crippen molar-refractivity contribution in [3.8, 4) is 0 Å². The molecule has 0 aliphatic heterocycles. The maximum atomic E-state index is 5.63. The van der Waals surface area contributed by atoms with Crippen molar-refractivity contribution in [2.45, 2.75) is 19.4 Å². The summed E-state index contributed by atoms with van der Waals surface area (Å²) in [6.45, 7) is 1.85. The summed E-state index contributed by atoms with van der Waals surface area (Å²) < 4.78 is 2.07. The first kappa shape index (κ1) is 13.5. The van der Waals surface area contributed by atoms with E-state index in [-0.39, 0.29) is 0 Å². The topological polar surface area (TPSA) is 68.8 Å². The van der Waals surface area contributed by atoms with Crippen molar-refractivity contribution in [1.29, 1.82) is 0 Å². The number of unbranched alkanes of at least 4 members (excludes halogenated alkanes) is 1. The van der Waals surface area contributed by atoms with E-state index in [1.54, 1.807) is 12.4 Å². The van der Waals surface area contributed by atoms with Gasteiger partial charge in [-0.15, -0.1) is 0 Å². The molecule has 0 fully saturated rings. The van der Waals surface area contributed by atoms with Crippen LogP contribution in [0.2, 0.25) is 0 Å². The molecule has 3 N–H and O–H groups in total. The predicted molar refractivity (Wildman–Crippen MR) is 80.1 cm³/mol. The van der Waals surface area contributed by atoms with Crippen LogP contribution in [0.4, 0.5) is 5.69 Å². The van der Waals surface area contributed by atoms with Gasteiger partial charge in [-0.05, 0) is 25.0 Å². The fourth-order valence-electron chi connectivity index (χ4n) is 1.81. The van der Waals surface area contributed by atoms with E-state index in [1.807, 2.05) is 24.7 Å². The zero-order valence-corrected chi connectivity index (χ0v) is 11.4. The maximum Gasteiger partial charge on any atom is 0.124 e. The Morgan fingerprint density at radius 3 is 3.00 bits per heavy atom. The second kappa shape index (κ2) is 6.84. The van der Waals surface area contributed by atoms with Crippen molar-refractivity contribution in [3.63, 3.8) is 0 Å².